The molecule has 0 saturated carbocycles. The second-order valence-corrected chi connectivity index (χ2v) is 4.10. The molecule has 1 aliphatic heterocycles. The summed E-state index contributed by atoms with van der Waals surface area (Å²) >= 11 is 0. The van der Waals surface area contributed by atoms with Gasteiger partial charge in [-0.1, -0.05) is 0 Å². The van der Waals surface area contributed by atoms with Crippen molar-refractivity contribution in [2.24, 2.45) is 0 Å². The first kappa shape index (κ1) is 11.1. The van der Waals surface area contributed by atoms with Crippen molar-refractivity contribution >= 4 is 5.82 Å². The third-order valence-corrected chi connectivity index (χ3v) is 3.03. The second-order valence-electron chi connectivity index (χ2n) is 4.10. The van der Waals surface area contributed by atoms with Crippen LogP contribution in [0, 0.1) is 0 Å². The Hall–Kier alpha value is -1.36. The number of aliphatic hydroxyl groups excluding tert-OH is 1. The number of rotatable bonds is 4. The van der Waals surface area contributed by atoms with E-state index in [1.54, 1.807) is 12.4 Å². The van der Waals surface area contributed by atoms with E-state index in [1.807, 2.05) is 0 Å². The largest absolute Gasteiger partial charge is 0.396 e. The Kier molecular flexibility index (Phi) is 3.56. The van der Waals surface area contributed by atoms with E-state index in [9.17, 15) is 4.79 Å². The zero-order valence-electron chi connectivity index (χ0n) is 9.22. The van der Waals surface area contributed by atoms with E-state index >= 15 is 0 Å². The van der Waals surface area contributed by atoms with Crippen LogP contribution in [0.4, 0.5) is 5.82 Å². The van der Waals surface area contributed by atoms with Crippen LogP contribution in [0.25, 0.3) is 0 Å². The molecule has 0 aliphatic carbocycles. The highest BCUT2D eigenvalue weighted by atomic mass is 16.2. The average molecular weight is 223 g/mol. The lowest BCUT2D eigenvalue weighted by molar-refractivity contribution is 0.279. The maximum Gasteiger partial charge on any atom is 0.290 e. The number of nitrogens with one attached hydrogen (secondary N) is 1. The first-order valence-corrected chi connectivity index (χ1v) is 5.74. The summed E-state index contributed by atoms with van der Waals surface area (Å²) in [5, 5.41) is 8.84. The fourth-order valence-electron chi connectivity index (χ4n) is 2.29. The van der Waals surface area contributed by atoms with Crippen molar-refractivity contribution in [3.63, 3.8) is 0 Å². The molecular formula is C11H17N3O2. The van der Waals surface area contributed by atoms with Crippen molar-refractivity contribution in [3.05, 3.63) is 22.7 Å². The van der Waals surface area contributed by atoms with Crippen LogP contribution < -0.4 is 10.5 Å². The molecule has 1 saturated heterocycles. The van der Waals surface area contributed by atoms with E-state index in [-0.39, 0.29) is 12.2 Å². The SMILES string of the molecule is O=c1[nH]ccnc1N1CCCC1CCCO. The summed E-state index contributed by atoms with van der Waals surface area (Å²) in [4.78, 5) is 20.5. The Morgan fingerprint density at radius 2 is 2.50 bits per heavy atom. The molecule has 5 nitrogen and oxygen atoms in total. The van der Waals surface area contributed by atoms with Crippen molar-refractivity contribution in [1.82, 2.24) is 9.97 Å². The summed E-state index contributed by atoms with van der Waals surface area (Å²) in [6, 6.07) is 0.350. The van der Waals surface area contributed by atoms with E-state index in [1.165, 1.54) is 0 Å². The van der Waals surface area contributed by atoms with E-state index in [0.717, 1.165) is 32.2 Å². The molecule has 0 amide bonds. The molecule has 1 atom stereocenters. The van der Waals surface area contributed by atoms with Crippen molar-refractivity contribution in [1.29, 1.82) is 0 Å². The fraction of sp³-hybridized carbons (Fsp3) is 0.636. The van der Waals surface area contributed by atoms with E-state index in [4.69, 9.17) is 5.11 Å². The lowest BCUT2D eigenvalue weighted by Gasteiger charge is -2.24. The molecule has 0 spiro atoms. The quantitative estimate of drug-likeness (QED) is 0.780. The first-order valence-electron chi connectivity index (χ1n) is 5.74. The Bertz CT molecular complexity index is 391. The average Bonchev–Trinajstić information content (AvgIpc) is 2.75. The number of hydrogen-bond acceptors (Lipinski definition) is 4. The smallest absolute Gasteiger partial charge is 0.290 e. The maximum atomic E-state index is 11.6. The van der Waals surface area contributed by atoms with Crippen LogP contribution >= 0.6 is 0 Å². The van der Waals surface area contributed by atoms with Gasteiger partial charge in [0.2, 0.25) is 0 Å². The van der Waals surface area contributed by atoms with Crippen LogP contribution in [0.2, 0.25) is 0 Å². The molecule has 1 unspecified atom stereocenters. The number of H-pyrrole nitrogens is 1. The molecule has 1 fully saturated rings. The monoisotopic (exact) mass is 223 g/mol. The summed E-state index contributed by atoms with van der Waals surface area (Å²) in [7, 11) is 0. The molecule has 1 aliphatic rings. The minimum atomic E-state index is -0.126. The van der Waals surface area contributed by atoms with Crippen molar-refractivity contribution in [2.75, 3.05) is 18.1 Å². The molecule has 0 radical (unpaired) electrons. The number of aromatic nitrogens is 2. The number of nitrogens with zero attached hydrogens (tertiary/aromatic N) is 2. The van der Waals surface area contributed by atoms with Gasteiger partial charge in [0, 0.05) is 31.6 Å². The van der Waals surface area contributed by atoms with Gasteiger partial charge < -0.3 is 15.0 Å². The lowest BCUT2D eigenvalue weighted by atomic mass is 10.1. The highest BCUT2D eigenvalue weighted by Gasteiger charge is 2.26. The van der Waals surface area contributed by atoms with Crippen LogP contribution in [0.1, 0.15) is 25.7 Å². The van der Waals surface area contributed by atoms with Crippen LogP contribution in [0.15, 0.2) is 17.2 Å². The van der Waals surface area contributed by atoms with Gasteiger partial charge in [-0.25, -0.2) is 4.98 Å². The Labute approximate surface area is 94.1 Å². The Morgan fingerprint density at radius 3 is 3.25 bits per heavy atom. The number of aliphatic hydroxyl groups is 1. The van der Waals surface area contributed by atoms with Crippen molar-refractivity contribution in [3.8, 4) is 0 Å². The molecule has 0 aromatic carbocycles. The summed E-state index contributed by atoms with van der Waals surface area (Å²) in [5.74, 6) is 0.517. The van der Waals surface area contributed by atoms with E-state index in [0.29, 0.717) is 11.9 Å². The normalized spacial score (nSPS) is 20.3. The zero-order valence-corrected chi connectivity index (χ0v) is 9.22. The molecule has 2 N–H and O–H groups in total. The molecule has 2 rings (SSSR count). The summed E-state index contributed by atoms with van der Waals surface area (Å²) in [5.41, 5.74) is -0.126. The molecule has 1 aromatic rings. The molecular weight excluding hydrogens is 206 g/mol. The van der Waals surface area contributed by atoms with Gasteiger partial charge in [0.15, 0.2) is 5.82 Å². The third kappa shape index (κ3) is 2.24. The molecule has 88 valence electrons. The third-order valence-electron chi connectivity index (χ3n) is 3.03. The highest BCUT2D eigenvalue weighted by molar-refractivity contribution is 5.38. The van der Waals surface area contributed by atoms with Crippen LogP contribution in [0.5, 0.6) is 0 Å². The number of hydrogen-bond donors (Lipinski definition) is 2. The minimum absolute atomic E-state index is 0.126. The topological polar surface area (TPSA) is 69.2 Å². The molecule has 16 heavy (non-hydrogen) atoms. The van der Waals surface area contributed by atoms with Gasteiger partial charge in [-0.3, -0.25) is 4.79 Å². The Balaban J connectivity index is 2.14. The van der Waals surface area contributed by atoms with Crippen molar-refractivity contribution < 1.29 is 5.11 Å². The summed E-state index contributed by atoms with van der Waals surface area (Å²) in [6.07, 6.45) is 7.03. The first-order chi connectivity index (χ1) is 7.83. The Morgan fingerprint density at radius 1 is 1.62 bits per heavy atom. The summed E-state index contributed by atoms with van der Waals surface area (Å²) in [6.45, 7) is 1.10. The molecule has 0 bridgehead atoms. The van der Waals surface area contributed by atoms with Gasteiger partial charge in [-0.15, -0.1) is 0 Å². The number of anilines is 1. The predicted octanol–water partition coefficient (Wildman–Crippen LogP) is 0.511. The second kappa shape index (κ2) is 5.12. The molecule has 1 aromatic heterocycles. The molecule has 2 heterocycles. The van der Waals surface area contributed by atoms with Gasteiger partial charge in [0.1, 0.15) is 0 Å². The fourth-order valence-corrected chi connectivity index (χ4v) is 2.29. The predicted molar refractivity (Wildman–Crippen MR) is 61.5 cm³/mol. The van der Waals surface area contributed by atoms with Crippen LogP contribution in [-0.4, -0.2) is 34.3 Å². The van der Waals surface area contributed by atoms with Gasteiger partial charge in [0.25, 0.3) is 5.56 Å². The minimum Gasteiger partial charge on any atom is -0.396 e. The standard InChI is InChI=1S/C11H17N3O2/c15-8-2-4-9-3-1-7-14(9)10-11(16)13-6-5-12-10/h5-6,9,15H,1-4,7-8H2,(H,13,16). The van der Waals surface area contributed by atoms with Gasteiger partial charge in [0.05, 0.1) is 0 Å². The number of aromatic amines is 1. The lowest BCUT2D eigenvalue weighted by Crippen LogP contribution is -2.34. The van der Waals surface area contributed by atoms with E-state index < -0.39 is 0 Å². The molecule has 5 heteroatoms. The maximum absolute atomic E-state index is 11.6. The van der Waals surface area contributed by atoms with Gasteiger partial charge in [-0.05, 0) is 25.7 Å². The summed E-state index contributed by atoms with van der Waals surface area (Å²) < 4.78 is 0. The van der Waals surface area contributed by atoms with Crippen molar-refractivity contribution in [2.45, 2.75) is 31.7 Å². The van der Waals surface area contributed by atoms with Gasteiger partial charge in [-0.2, -0.15) is 0 Å². The van der Waals surface area contributed by atoms with Crippen LogP contribution in [-0.2, 0) is 0 Å². The van der Waals surface area contributed by atoms with E-state index in [2.05, 4.69) is 14.9 Å². The van der Waals surface area contributed by atoms with Gasteiger partial charge >= 0.3 is 0 Å². The zero-order chi connectivity index (χ0) is 11.4. The highest BCUT2D eigenvalue weighted by Crippen LogP contribution is 2.23. The van der Waals surface area contributed by atoms with Crippen LogP contribution in [0.3, 0.4) is 0 Å².